The van der Waals surface area contributed by atoms with Gasteiger partial charge >= 0.3 is 0 Å². The summed E-state index contributed by atoms with van der Waals surface area (Å²) < 4.78 is 8.36. The predicted octanol–water partition coefficient (Wildman–Crippen LogP) is 4.31. The Hall–Kier alpha value is -0.630. The van der Waals surface area contributed by atoms with Crippen molar-refractivity contribution in [2.24, 2.45) is 5.10 Å². The van der Waals surface area contributed by atoms with E-state index in [1.807, 2.05) is 25.2 Å². The van der Waals surface area contributed by atoms with Gasteiger partial charge in [-0.25, -0.2) is 5.43 Å². The number of carbonyl (C=O) groups is 1. The summed E-state index contributed by atoms with van der Waals surface area (Å²) in [5.41, 5.74) is 5.04. The van der Waals surface area contributed by atoms with Crippen LogP contribution >= 0.6 is 67.8 Å². The van der Waals surface area contributed by atoms with E-state index in [0.717, 1.165) is 22.0 Å². The Bertz CT molecular complexity index is 771. The first-order chi connectivity index (χ1) is 11.5. The molecule has 0 saturated carbocycles. The van der Waals surface area contributed by atoms with Gasteiger partial charge in [-0.3, -0.25) is 4.79 Å². The van der Waals surface area contributed by atoms with Crippen LogP contribution in [0.2, 0.25) is 0 Å². The maximum absolute atomic E-state index is 12.2. The quantitative estimate of drug-likeness (QED) is 0.286. The van der Waals surface area contributed by atoms with Crippen molar-refractivity contribution in [3.8, 4) is 5.75 Å². The lowest BCUT2D eigenvalue weighted by Crippen LogP contribution is -2.17. The molecule has 0 fully saturated rings. The van der Waals surface area contributed by atoms with Gasteiger partial charge in [-0.1, -0.05) is 0 Å². The maximum Gasteiger partial charge on any atom is 0.271 e. The van der Waals surface area contributed by atoms with Crippen molar-refractivity contribution >= 4 is 85.6 Å². The largest absolute Gasteiger partial charge is 0.496 e. The Morgan fingerprint density at radius 2 is 1.79 bits per heavy atom. The van der Waals surface area contributed by atoms with E-state index in [1.165, 1.54) is 0 Å². The third-order valence-corrected chi connectivity index (χ3v) is 5.70. The number of methoxy groups -OCH3 is 1. The molecule has 8 heteroatoms. The number of nitrogens with zero attached hydrogens (tertiary/aromatic N) is 1. The van der Waals surface area contributed by atoms with Crippen LogP contribution < -0.4 is 15.5 Å². The van der Waals surface area contributed by atoms with Gasteiger partial charge in [-0.2, -0.15) is 5.10 Å². The predicted molar refractivity (Wildman–Crippen MR) is 122 cm³/mol. The van der Waals surface area contributed by atoms with Crippen molar-refractivity contribution in [2.75, 3.05) is 19.5 Å². The van der Waals surface area contributed by atoms with Gasteiger partial charge in [0.15, 0.2) is 0 Å². The molecule has 2 aromatic carbocycles. The van der Waals surface area contributed by atoms with Gasteiger partial charge in [0.2, 0.25) is 0 Å². The molecule has 0 aliphatic rings. The lowest BCUT2D eigenvalue weighted by Gasteiger charge is -2.08. The van der Waals surface area contributed by atoms with Crippen molar-refractivity contribution in [3.63, 3.8) is 0 Å². The van der Waals surface area contributed by atoms with Crippen molar-refractivity contribution in [3.05, 3.63) is 52.2 Å². The van der Waals surface area contributed by atoms with Gasteiger partial charge in [-0.15, -0.1) is 0 Å². The van der Waals surface area contributed by atoms with Crippen LogP contribution in [0.15, 0.2) is 35.4 Å². The molecule has 126 valence electrons. The smallest absolute Gasteiger partial charge is 0.271 e. The van der Waals surface area contributed by atoms with Gasteiger partial charge in [-0.05, 0) is 104 Å². The summed E-state index contributed by atoms with van der Waals surface area (Å²) in [5.74, 6) is 0.385. The van der Waals surface area contributed by atoms with E-state index >= 15 is 0 Å². The number of hydrazone groups is 1. The maximum atomic E-state index is 12.2. The first kappa shape index (κ1) is 19.7. The first-order valence-electron chi connectivity index (χ1n) is 6.80. The summed E-state index contributed by atoms with van der Waals surface area (Å²) in [6, 6.07) is 9.26. The van der Waals surface area contributed by atoms with Crippen LogP contribution in [-0.4, -0.2) is 26.3 Å². The number of nitrogens with one attached hydrogen (secondary N) is 2. The molecule has 0 aliphatic heterocycles. The minimum atomic E-state index is -0.280. The summed E-state index contributed by atoms with van der Waals surface area (Å²) in [4.78, 5) is 12.2. The summed E-state index contributed by atoms with van der Waals surface area (Å²) in [6.45, 7) is 0. The number of anilines is 1. The topological polar surface area (TPSA) is 62.7 Å². The van der Waals surface area contributed by atoms with Crippen molar-refractivity contribution < 1.29 is 9.53 Å². The van der Waals surface area contributed by atoms with Crippen LogP contribution in [0.1, 0.15) is 15.9 Å². The van der Waals surface area contributed by atoms with Crippen LogP contribution in [0.4, 0.5) is 5.69 Å². The summed E-state index contributed by atoms with van der Waals surface area (Å²) in [5, 5.41) is 7.20. The molecule has 0 aromatic heterocycles. The zero-order chi connectivity index (χ0) is 17.7. The molecule has 0 aliphatic carbocycles. The van der Waals surface area contributed by atoms with Gasteiger partial charge in [0, 0.05) is 19.8 Å². The Kier molecular flexibility index (Phi) is 7.53. The van der Waals surface area contributed by atoms with E-state index in [2.05, 4.69) is 83.6 Å². The highest BCUT2D eigenvalue weighted by Crippen LogP contribution is 2.25. The number of hydrogen-bond donors (Lipinski definition) is 2. The Labute approximate surface area is 181 Å². The van der Waals surface area contributed by atoms with Crippen molar-refractivity contribution in [1.29, 1.82) is 0 Å². The average molecular weight is 661 g/mol. The molecule has 0 radical (unpaired) electrons. The van der Waals surface area contributed by atoms with Crippen LogP contribution in [-0.2, 0) is 0 Å². The van der Waals surface area contributed by atoms with Gasteiger partial charge in [0.05, 0.1) is 22.6 Å². The van der Waals surface area contributed by atoms with E-state index in [0.29, 0.717) is 11.3 Å². The standard InChI is InChI=1S/C16H14I3N3O2/c1-20-15-12(18)5-9(6-13(15)19)8-21-22-16(23)10-3-4-11(17)14(7-10)24-2/h3-8,20H,1-2H3,(H,22,23)/b21-8-. The number of benzene rings is 2. The summed E-state index contributed by atoms with van der Waals surface area (Å²) in [7, 11) is 3.47. The number of halogens is 3. The highest BCUT2D eigenvalue weighted by Gasteiger charge is 2.08. The zero-order valence-electron chi connectivity index (χ0n) is 12.9. The fourth-order valence-electron chi connectivity index (χ4n) is 1.94. The number of hydrogen-bond acceptors (Lipinski definition) is 4. The number of carbonyl (C=O) groups excluding carboxylic acids is 1. The monoisotopic (exact) mass is 661 g/mol. The molecular weight excluding hydrogens is 647 g/mol. The molecule has 24 heavy (non-hydrogen) atoms. The number of rotatable bonds is 5. The third kappa shape index (κ3) is 4.94. The second-order valence-corrected chi connectivity index (χ2v) is 8.14. The van der Waals surface area contributed by atoms with E-state index < -0.39 is 0 Å². The van der Waals surface area contributed by atoms with Crippen LogP contribution in [0.25, 0.3) is 0 Å². The van der Waals surface area contributed by atoms with Gasteiger partial charge < -0.3 is 10.1 Å². The second-order valence-electron chi connectivity index (χ2n) is 4.66. The first-order valence-corrected chi connectivity index (χ1v) is 10.0. The molecule has 5 nitrogen and oxygen atoms in total. The zero-order valence-corrected chi connectivity index (χ0v) is 19.3. The molecule has 0 heterocycles. The molecule has 0 spiro atoms. The minimum absolute atomic E-state index is 0.280. The van der Waals surface area contributed by atoms with Crippen LogP contribution in [0, 0.1) is 10.7 Å². The molecule has 2 N–H and O–H groups in total. The normalized spacial score (nSPS) is 10.7. The van der Waals surface area contributed by atoms with Crippen molar-refractivity contribution in [2.45, 2.75) is 0 Å². The fourth-order valence-corrected chi connectivity index (χ4v) is 4.85. The Balaban J connectivity index is 2.10. The molecular formula is C16H14I3N3O2. The number of amides is 1. The Morgan fingerprint density at radius 3 is 2.38 bits per heavy atom. The lowest BCUT2D eigenvalue weighted by molar-refractivity contribution is 0.0955. The summed E-state index contributed by atoms with van der Waals surface area (Å²) in [6.07, 6.45) is 1.63. The summed E-state index contributed by atoms with van der Waals surface area (Å²) >= 11 is 6.69. The molecule has 0 unspecified atom stereocenters. The lowest BCUT2D eigenvalue weighted by atomic mass is 10.2. The molecule has 1 amide bonds. The molecule has 0 saturated heterocycles. The van der Waals surface area contributed by atoms with E-state index in [1.54, 1.807) is 25.5 Å². The van der Waals surface area contributed by atoms with E-state index in [4.69, 9.17) is 4.74 Å². The van der Waals surface area contributed by atoms with Gasteiger partial charge in [0.25, 0.3) is 5.91 Å². The third-order valence-electron chi connectivity index (χ3n) is 3.11. The minimum Gasteiger partial charge on any atom is -0.496 e. The number of ether oxygens (including phenoxy) is 1. The van der Waals surface area contributed by atoms with E-state index in [9.17, 15) is 4.79 Å². The average Bonchev–Trinajstić information content (AvgIpc) is 2.55. The highest BCUT2D eigenvalue weighted by atomic mass is 127. The second kappa shape index (κ2) is 9.17. The SMILES string of the molecule is CNc1c(I)cc(/C=N\NC(=O)c2ccc(I)c(OC)c2)cc1I. The van der Waals surface area contributed by atoms with Crippen LogP contribution in [0.3, 0.4) is 0 Å². The molecule has 2 aromatic rings. The molecule has 2 rings (SSSR count). The highest BCUT2D eigenvalue weighted by molar-refractivity contribution is 14.1. The van der Waals surface area contributed by atoms with Gasteiger partial charge in [0.1, 0.15) is 5.75 Å². The fraction of sp³-hybridized carbons (Fsp3) is 0.125. The van der Waals surface area contributed by atoms with E-state index in [-0.39, 0.29) is 5.91 Å². The molecule has 0 atom stereocenters. The van der Waals surface area contributed by atoms with Crippen LogP contribution in [0.5, 0.6) is 5.75 Å². The van der Waals surface area contributed by atoms with Crippen molar-refractivity contribution in [1.82, 2.24) is 5.43 Å². The Morgan fingerprint density at radius 1 is 1.12 bits per heavy atom. The molecule has 0 bridgehead atoms.